The molecule has 1 saturated heterocycles. The van der Waals surface area contributed by atoms with Gasteiger partial charge in [-0.25, -0.2) is 4.98 Å². The molecule has 1 N–H and O–H groups in total. The van der Waals surface area contributed by atoms with Crippen LogP contribution in [-0.4, -0.2) is 35.1 Å². The number of hydrogen-bond acceptors (Lipinski definition) is 4. The smallest absolute Gasteiger partial charge is 0.107 e. The van der Waals surface area contributed by atoms with Crippen LogP contribution in [0.4, 0.5) is 0 Å². The quantitative estimate of drug-likeness (QED) is 0.897. The van der Waals surface area contributed by atoms with Crippen molar-refractivity contribution in [1.29, 1.82) is 0 Å². The number of thiazole rings is 1. The predicted octanol–water partition coefficient (Wildman–Crippen LogP) is 3.79. The van der Waals surface area contributed by atoms with Crippen LogP contribution in [0.25, 0.3) is 0 Å². The molecule has 21 heavy (non-hydrogen) atoms. The second-order valence-corrected chi connectivity index (χ2v) is 8.49. The topological polar surface area (TPSA) is 28.2 Å². The summed E-state index contributed by atoms with van der Waals surface area (Å²) in [5.41, 5.74) is 1.38. The number of nitrogens with zero attached hydrogens (tertiary/aromatic N) is 2. The van der Waals surface area contributed by atoms with E-state index in [4.69, 9.17) is 4.98 Å². The lowest BCUT2D eigenvalue weighted by Gasteiger charge is -2.32. The van der Waals surface area contributed by atoms with Gasteiger partial charge in [-0.05, 0) is 33.2 Å². The maximum atomic E-state index is 4.85. The van der Waals surface area contributed by atoms with E-state index in [0.29, 0.717) is 12.1 Å². The zero-order valence-electron chi connectivity index (χ0n) is 14.3. The molecule has 1 fully saturated rings. The summed E-state index contributed by atoms with van der Waals surface area (Å²) in [5, 5.41) is 7.14. The molecule has 120 valence electrons. The normalized spacial score (nSPS) is 20.4. The van der Waals surface area contributed by atoms with Crippen molar-refractivity contribution in [2.75, 3.05) is 13.1 Å². The Bertz CT molecular complexity index is 427. The molecule has 0 aromatic carbocycles. The summed E-state index contributed by atoms with van der Waals surface area (Å²) in [6.45, 7) is 14.6. The van der Waals surface area contributed by atoms with Gasteiger partial charge >= 0.3 is 0 Å². The van der Waals surface area contributed by atoms with Crippen LogP contribution in [0.3, 0.4) is 0 Å². The van der Waals surface area contributed by atoms with Crippen LogP contribution < -0.4 is 5.32 Å². The molecular weight excluding hydrogens is 278 g/mol. The Hall–Kier alpha value is -0.450. The third-order valence-corrected chi connectivity index (χ3v) is 5.09. The predicted molar refractivity (Wildman–Crippen MR) is 92.0 cm³/mol. The van der Waals surface area contributed by atoms with Gasteiger partial charge in [-0.2, -0.15) is 0 Å². The molecule has 1 atom stereocenters. The van der Waals surface area contributed by atoms with E-state index in [1.807, 2.05) is 11.3 Å². The average Bonchev–Trinajstić information content (AvgIpc) is 2.87. The van der Waals surface area contributed by atoms with Crippen LogP contribution in [-0.2, 0) is 12.0 Å². The summed E-state index contributed by atoms with van der Waals surface area (Å²) < 4.78 is 0. The van der Waals surface area contributed by atoms with Crippen molar-refractivity contribution in [2.45, 2.75) is 77.9 Å². The van der Waals surface area contributed by atoms with Gasteiger partial charge in [0, 0.05) is 29.4 Å². The molecule has 1 aromatic rings. The minimum absolute atomic E-state index is 0.155. The molecule has 0 aliphatic carbocycles. The molecule has 0 bridgehead atoms. The largest absolute Gasteiger partial charge is 0.313 e. The number of hydrogen-bond donors (Lipinski definition) is 1. The van der Waals surface area contributed by atoms with Gasteiger partial charge < -0.3 is 5.32 Å². The summed E-state index contributed by atoms with van der Waals surface area (Å²) >= 11 is 1.81. The van der Waals surface area contributed by atoms with Gasteiger partial charge in [0.25, 0.3) is 0 Å². The zero-order chi connectivity index (χ0) is 15.5. The van der Waals surface area contributed by atoms with Crippen molar-refractivity contribution in [1.82, 2.24) is 15.2 Å². The highest BCUT2D eigenvalue weighted by Gasteiger charge is 2.21. The Labute approximate surface area is 134 Å². The molecule has 1 aliphatic rings. The van der Waals surface area contributed by atoms with Crippen molar-refractivity contribution in [3.63, 3.8) is 0 Å². The highest BCUT2D eigenvalue weighted by Crippen LogP contribution is 2.25. The minimum Gasteiger partial charge on any atom is -0.313 e. The first-order valence-corrected chi connectivity index (χ1v) is 9.16. The second-order valence-electron chi connectivity index (χ2n) is 7.55. The van der Waals surface area contributed by atoms with E-state index in [1.165, 1.54) is 36.5 Å². The van der Waals surface area contributed by atoms with Gasteiger partial charge in [-0.15, -0.1) is 11.3 Å². The average molecular weight is 310 g/mol. The molecule has 0 spiro atoms. The van der Waals surface area contributed by atoms with E-state index in [2.05, 4.69) is 50.2 Å². The molecular formula is C17H31N3S. The summed E-state index contributed by atoms with van der Waals surface area (Å²) in [6.07, 6.45) is 4.02. The fourth-order valence-electron chi connectivity index (χ4n) is 2.72. The van der Waals surface area contributed by atoms with E-state index in [9.17, 15) is 0 Å². The van der Waals surface area contributed by atoms with Crippen LogP contribution >= 0.6 is 11.3 Å². The van der Waals surface area contributed by atoms with E-state index < -0.39 is 0 Å². The SMILES string of the molecule is CC(C)N(Cc1nc(C(C)(C)C)cs1)CC1CCCCN1. The van der Waals surface area contributed by atoms with Gasteiger partial charge in [0.2, 0.25) is 0 Å². The molecule has 3 nitrogen and oxygen atoms in total. The first kappa shape index (κ1) is 16.9. The van der Waals surface area contributed by atoms with E-state index >= 15 is 0 Å². The van der Waals surface area contributed by atoms with E-state index in [0.717, 1.165) is 13.1 Å². The van der Waals surface area contributed by atoms with Crippen molar-refractivity contribution in [3.8, 4) is 0 Å². The standard InChI is InChI=1S/C17H31N3S/c1-13(2)20(10-14-8-6-7-9-18-14)11-16-19-15(12-21-16)17(3,4)5/h12-14,18H,6-11H2,1-5H3. The summed E-state index contributed by atoms with van der Waals surface area (Å²) in [4.78, 5) is 7.42. The number of piperidine rings is 1. The van der Waals surface area contributed by atoms with Crippen molar-refractivity contribution < 1.29 is 0 Å². The van der Waals surface area contributed by atoms with Crippen LogP contribution in [0.5, 0.6) is 0 Å². The molecule has 0 radical (unpaired) electrons. The van der Waals surface area contributed by atoms with Gasteiger partial charge in [0.05, 0.1) is 12.2 Å². The monoisotopic (exact) mass is 309 g/mol. The zero-order valence-corrected chi connectivity index (χ0v) is 15.1. The molecule has 1 unspecified atom stereocenters. The van der Waals surface area contributed by atoms with Crippen LogP contribution in [0.2, 0.25) is 0 Å². The number of aromatic nitrogens is 1. The van der Waals surface area contributed by atoms with Crippen LogP contribution in [0.15, 0.2) is 5.38 Å². The maximum absolute atomic E-state index is 4.85. The fourth-order valence-corrected chi connectivity index (χ4v) is 3.77. The third kappa shape index (κ3) is 5.04. The Morgan fingerprint density at radius 1 is 1.38 bits per heavy atom. The lowest BCUT2D eigenvalue weighted by atomic mass is 9.93. The van der Waals surface area contributed by atoms with Crippen LogP contribution in [0.1, 0.15) is 64.6 Å². The Balaban J connectivity index is 1.97. The van der Waals surface area contributed by atoms with E-state index in [1.54, 1.807) is 0 Å². The molecule has 0 saturated carbocycles. The molecule has 1 aromatic heterocycles. The summed E-state index contributed by atoms with van der Waals surface area (Å²) in [5.74, 6) is 0. The fraction of sp³-hybridized carbons (Fsp3) is 0.824. The van der Waals surface area contributed by atoms with E-state index in [-0.39, 0.29) is 5.41 Å². The van der Waals surface area contributed by atoms with Crippen molar-refractivity contribution in [3.05, 3.63) is 16.1 Å². The Kier molecular flexibility index (Phi) is 5.81. The minimum atomic E-state index is 0.155. The Morgan fingerprint density at radius 2 is 2.14 bits per heavy atom. The van der Waals surface area contributed by atoms with Gasteiger partial charge in [0.15, 0.2) is 0 Å². The highest BCUT2D eigenvalue weighted by molar-refractivity contribution is 7.09. The number of nitrogens with one attached hydrogen (secondary N) is 1. The molecule has 0 amide bonds. The summed E-state index contributed by atoms with van der Waals surface area (Å²) in [6, 6.07) is 1.22. The molecule has 4 heteroatoms. The van der Waals surface area contributed by atoms with Crippen LogP contribution in [0, 0.1) is 0 Å². The Morgan fingerprint density at radius 3 is 2.67 bits per heavy atom. The third-order valence-electron chi connectivity index (χ3n) is 4.26. The molecule has 2 rings (SSSR count). The van der Waals surface area contributed by atoms with Gasteiger partial charge in [-0.1, -0.05) is 27.2 Å². The highest BCUT2D eigenvalue weighted by atomic mass is 32.1. The molecule has 1 aliphatic heterocycles. The lowest BCUT2D eigenvalue weighted by Crippen LogP contribution is -2.45. The lowest BCUT2D eigenvalue weighted by molar-refractivity contribution is 0.177. The first-order chi connectivity index (χ1) is 9.86. The van der Waals surface area contributed by atoms with Gasteiger partial charge in [0.1, 0.15) is 5.01 Å². The molecule has 2 heterocycles. The first-order valence-electron chi connectivity index (χ1n) is 8.28. The number of rotatable bonds is 5. The van der Waals surface area contributed by atoms with Crippen molar-refractivity contribution in [2.24, 2.45) is 0 Å². The van der Waals surface area contributed by atoms with Crippen molar-refractivity contribution >= 4 is 11.3 Å². The summed E-state index contributed by atoms with van der Waals surface area (Å²) in [7, 11) is 0. The maximum Gasteiger partial charge on any atom is 0.107 e. The second kappa shape index (κ2) is 7.21. The van der Waals surface area contributed by atoms with Gasteiger partial charge in [-0.3, -0.25) is 4.90 Å².